The zero-order valence-electron chi connectivity index (χ0n) is 15.3. The van der Waals surface area contributed by atoms with Gasteiger partial charge in [0.15, 0.2) is 0 Å². The summed E-state index contributed by atoms with van der Waals surface area (Å²) < 4.78 is 5.98. The molecule has 2 aromatic carbocycles. The van der Waals surface area contributed by atoms with Crippen LogP contribution in [0.5, 0.6) is 11.5 Å². The van der Waals surface area contributed by atoms with E-state index in [0.29, 0.717) is 11.5 Å². The molecule has 0 saturated heterocycles. The molecule has 2 N–H and O–H groups in total. The summed E-state index contributed by atoms with van der Waals surface area (Å²) in [4.78, 5) is 14.2. The van der Waals surface area contributed by atoms with E-state index in [9.17, 15) is 9.90 Å². The second-order valence-corrected chi connectivity index (χ2v) is 8.45. The van der Waals surface area contributed by atoms with Gasteiger partial charge >= 0.3 is 0 Å². The minimum absolute atomic E-state index is 0.112. The summed E-state index contributed by atoms with van der Waals surface area (Å²) in [5.41, 5.74) is 0.711. The third-order valence-corrected chi connectivity index (χ3v) is 6.71. The quantitative estimate of drug-likeness (QED) is 0.678. The topological polar surface area (TPSA) is 58.6 Å². The van der Waals surface area contributed by atoms with Gasteiger partial charge in [-0.2, -0.15) is 0 Å². The van der Waals surface area contributed by atoms with Crippen molar-refractivity contribution in [3.63, 3.8) is 0 Å². The number of benzene rings is 2. The van der Waals surface area contributed by atoms with Crippen LogP contribution in [0, 0.1) is 5.92 Å². The maximum Gasteiger partial charge on any atom is 0.232 e. The molecule has 5 heteroatoms. The Morgan fingerprint density at radius 3 is 2.25 bits per heavy atom. The number of thiophene rings is 1. The highest BCUT2D eigenvalue weighted by Gasteiger charge is 2.46. The lowest BCUT2D eigenvalue weighted by molar-refractivity contribution is -0.123. The lowest BCUT2D eigenvalue weighted by atomic mass is 9.87. The van der Waals surface area contributed by atoms with Gasteiger partial charge in [-0.1, -0.05) is 42.5 Å². The molecule has 1 saturated carbocycles. The Bertz CT molecular complexity index is 967. The van der Waals surface area contributed by atoms with E-state index in [-0.39, 0.29) is 18.4 Å². The van der Waals surface area contributed by atoms with Crippen LogP contribution >= 0.6 is 11.3 Å². The van der Waals surface area contributed by atoms with Crippen LogP contribution in [-0.4, -0.2) is 17.6 Å². The van der Waals surface area contributed by atoms with Gasteiger partial charge in [0.05, 0.1) is 12.5 Å². The molecule has 0 bridgehead atoms. The first kappa shape index (κ1) is 17.5. The van der Waals surface area contributed by atoms with E-state index in [1.165, 1.54) is 0 Å². The van der Waals surface area contributed by atoms with Gasteiger partial charge in [0, 0.05) is 16.0 Å². The molecule has 1 atom stereocenters. The highest BCUT2D eigenvalue weighted by molar-refractivity contribution is 7.10. The fourth-order valence-corrected chi connectivity index (χ4v) is 4.94. The van der Waals surface area contributed by atoms with Gasteiger partial charge in [0.2, 0.25) is 5.91 Å². The van der Waals surface area contributed by atoms with Gasteiger partial charge in [-0.05, 0) is 42.3 Å². The zero-order valence-corrected chi connectivity index (χ0v) is 16.1. The van der Waals surface area contributed by atoms with Gasteiger partial charge in [-0.15, -0.1) is 11.3 Å². The summed E-state index contributed by atoms with van der Waals surface area (Å²) in [6, 6.07) is 19.2. The zero-order chi connectivity index (χ0) is 19.1. The summed E-state index contributed by atoms with van der Waals surface area (Å²) in [7, 11) is 0. The van der Waals surface area contributed by atoms with Gasteiger partial charge in [0.1, 0.15) is 17.1 Å². The van der Waals surface area contributed by atoms with Crippen molar-refractivity contribution >= 4 is 17.2 Å². The molecular formula is C23H21NO3S. The van der Waals surface area contributed by atoms with Crippen LogP contribution in [-0.2, 0) is 10.4 Å². The minimum atomic E-state index is -0.992. The van der Waals surface area contributed by atoms with Crippen molar-refractivity contribution < 1.29 is 14.6 Å². The van der Waals surface area contributed by atoms with Gasteiger partial charge in [-0.3, -0.25) is 4.79 Å². The lowest BCUT2D eigenvalue weighted by Crippen LogP contribution is -2.44. The smallest absolute Gasteiger partial charge is 0.232 e. The fraction of sp³-hybridized carbons (Fsp3) is 0.261. The summed E-state index contributed by atoms with van der Waals surface area (Å²) in [6.45, 7) is 0.221. The molecule has 0 radical (unpaired) electrons. The number of hydrogen-bond acceptors (Lipinski definition) is 4. The Labute approximate surface area is 167 Å². The molecule has 0 unspecified atom stereocenters. The summed E-state index contributed by atoms with van der Waals surface area (Å²) >= 11 is 1.54. The highest BCUT2D eigenvalue weighted by Crippen LogP contribution is 2.47. The van der Waals surface area contributed by atoms with Crippen LogP contribution in [0.4, 0.5) is 0 Å². The summed E-state index contributed by atoms with van der Waals surface area (Å²) in [5, 5.41) is 16.3. The molecule has 2 aliphatic rings. The predicted molar refractivity (Wildman–Crippen MR) is 109 cm³/mol. The molecule has 1 aromatic heterocycles. The molecule has 1 fully saturated rings. The maximum absolute atomic E-state index is 13.3. The third-order valence-electron chi connectivity index (χ3n) is 5.67. The first-order chi connectivity index (χ1) is 13.7. The van der Waals surface area contributed by atoms with Crippen molar-refractivity contribution in [2.75, 3.05) is 6.54 Å². The Morgan fingerprint density at radius 1 is 1.04 bits per heavy atom. The molecule has 0 spiro atoms. The molecule has 4 nitrogen and oxygen atoms in total. The van der Waals surface area contributed by atoms with Crippen LogP contribution in [0.1, 0.15) is 34.8 Å². The first-order valence-corrected chi connectivity index (χ1v) is 10.4. The van der Waals surface area contributed by atoms with Crippen LogP contribution in [0.15, 0.2) is 66.0 Å². The molecule has 5 rings (SSSR count). The molecule has 28 heavy (non-hydrogen) atoms. The molecule has 1 amide bonds. The second-order valence-electron chi connectivity index (χ2n) is 7.50. The number of aliphatic hydroxyl groups is 1. The average molecular weight is 391 g/mol. The van der Waals surface area contributed by atoms with Gasteiger partial charge in [-0.25, -0.2) is 0 Å². The van der Waals surface area contributed by atoms with Gasteiger partial charge in [0.25, 0.3) is 0 Å². The average Bonchev–Trinajstić information content (AvgIpc) is 3.44. The summed E-state index contributed by atoms with van der Waals surface area (Å²) in [6.07, 6.45) is 1.99. The Morgan fingerprint density at radius 2 is 1.68 bits per heavy atom. The van der Waals surface area contributed by atoms with Crippen molar-refractivity contribution in [1.82, 2.24) is 5.32 Å². The van der Waals surface area contributed by atoms with Crippen LogP contribution in [0.3, 0.4) is 0 Å². The minimum Gasteiger partial charge on any atom is -0.457 e. The number of rotatable bonds is 5. The number of carbonyl (C=O) groups is 1. The van der Waals surface area contributed by atoms with Crippen molar-refractivity contribution in [3.8, 4) is 11.5 Å². The van der Waals surface area contributed by atoms with E-state index in [4.69, 9.17) is 4.74 Å². The molecule has 2 heterocycles. The maximum atomic E-state index is 13.3. The number of nitrogens with one attached hydrogen (secondary N) is 1. The Kier molecular flexibility index (Phi) is 4.22. The first-order valence-electron chi connectivity index (χ1n) is 9.56. The Balaban J connectivity index is 1.44. The van der Waals surface area contributed by atoms with Crippen molar-refractivity contribution in [2.24, 2.45) is 5.92 Å². The SMILES string of the molecule is O=C(NC[C@@](O)(c1cccs1)C1CC1)C1c2ccccc2Oc2ccccc21. The van der Waals surface area contributed by atoms with Crippen molar-refractivity contribution in [3.05, 3.63) is 82.0 Å². The number of ether oxygens (including phenoxy) is 1. The number of hydrogen-bond donors (Lipinski definition) is 2. The van der Waals surface area contributed by atoms with E-state index < -0.39 is 11.5 Å². The fourth-order valence-electron chi connectivity index (χ4n) is 4.03. The number of amides is 1. The normalized spacial score (nSPS) is 17.8. The Hall–Kier alpha value is -2.63. The van der Waals surface area contributed by atoms with Crippen LogP contribution < -0.4 is 10.1 Å². The number of carbonyl (C=O) groups excluding carboxylic acids is 1. The van der Waals surface area contributed by atoms with E-state index in [1.807, 2.05) is 66.0 Å². The molecule has 142 valence electrons. The second kappa shape index (κ2) is 6.76. The lowest BCUT2D eigenvalue weighted by Gasteiger charge is -2.31. The van der Waals surface area contributed by atoms with Gasteiger partial charge < -0.3 is 15.2 Å². The third kappa shape index (κ3) is 2.91. The van der Waals surface area contributed by atoms with Crippen LogP contribution in [0.2, 0.25) is 0 Å². The van der Waals surface area contributed by atoms with Crippen molar-refractivity contribution in [2.45, 2.75) is 24.4 Å². The molecule has 3 aromatic rings. The largest absolute Gasteiger partial charge is 0.457 e. The van der Waals surface area contributed by atoms with E-state index >= 15 is 0 Å². The molecular weight excluding hydrogens is 370 g/mol. The monoisotopic (exact) mass is 391 g/mol. The standard InChI is InChI=1S/C23H21NO3S/c25-22(24-14-23(26,15-11-12-15)20-10-5-13-28-20)21-16-6-1-3-8-18(16)27-19-9-4-2-7-17(19)21/h1-10,13,15,21,26H,11-12,14H2,(H,24,25)/t23-/m0/s1. The summed E-state index contributed by atoms with van der Waals surface area (Å²) in [5.74, 6) is 1.06. The highest BCUT2D eigenvalue weighted by atomic mass is 32.1. The number of fused-ring (bicyclic) bond motifs is 2. The number of para-hydroxylation sites is 2. The van der Waals surface area contributed by atoms with E-state index in [1.54, 1.807) is 11.3 Å². The molecule has 1 aliphatic carbocycles. The van der Waals surface area contributed by atoms with E-state index in [2.05, 4.69) is 5.32 Å². The molecule has 1 aliphatic heterocycles. The van der Waals surface area contributed by atoms with E-state index in [0.717, 1.165) is 28.8 Å². The predicted octanol–water partition coefficient (Wildman–Crippen LogP) is 4.40. The van der Waals surface area contributed by atoms with Crippen molar-refractivity contribution in [1.29, 1.82) is 0 Å². The van der Waals surface area contributed by atoms with Crippen LogP contribution in [0.25, 0.3) is 0 Å².